The monoisotopic (exact) mass is 236 g/mol. The van der Waals surface area contributed by atoms with Gasteiger partial charge in [0.25, 0.3) is 0 Å². The van der Waals surface area contributed by atoms with Crippen molar-refractivity contribution in [2.75, 3.05) is 46.1 Å². The van der Waals surface area contributed by atoms with Gasteiger partial charge in [0.2, 0.25) is 0 Å². The summed E-state index contributed by atoms with van der Waals surface area (Å²) in [4.78, 5) is 0.997. The van der Waals surface area contributed by atoms with Crippen LogP contribution >= 0.6 is 0 Å². The van der Waals surface area contributed by atoms with Crippen molar-refractivity contribution in [1.29, 1.82) is 0 Å². The van der Waals surface area contributed by atoms with Crippen molar-refractivity contribution in [2.24, 2.45) is 0 Å². The predicted octanol–water partition coefficient (Wildman–Crippen LogP) is -1.97. The van der Waals surface area contributed by atoms with Gasteiger partial charge in [-0.2, -0.15) is 0 Å². The van der Waals surface area contributed by atoms with Crippen molar-refractivity contribution < 1.29 is 25.0 Å². The molecule has 0 spiro atoms. The topological polar surface area (TPSA) is 74.4 Å². The third-order valence-corrected chi connectivity index (χ3v) is 2.41. The summed E-state index contributed by atoms with van der Waals surface area (Å²) in [6, 6.07) is 0. The largest absolute Gasteiger partial charge is 0.391 e. The maximum atomic E-state index is 9.66. The van der Waals surface area contributed by atoms with Gasteiger partial charge in [-0.3, -0.25) is 0 Å². The standard InChI is InChI=1S/C11H25NO4/c1-2-3-8-16-10-11(15)9-12(4-6-13)5-7-14/h11,13-15H,2-10H2,1H3/p+1/t11-/m1/s1. The van der Waals surface area contributed by atoms with E-state index in [1.165, 1.54) is 0 Å². The zero-order valence-corrected chi connectivity index (χ0v) is 10.2. The molecule has 0 fully saturated rings. The summed E-state index contributed by atoms with van der Waals surface area (Å²) >= 11 is 0. The number of rotatable bonds is 11. The van der Waals surface area contributed by atoms with Crippen LogP contribution in [0.25, 0.3) is 0 Å². The molecule has 0 aromatic rings. The molecule has 0 saturated carbocycles. The first-order valence-electron chi connectivity index (χ1n) is 6.05. The molecular weight excluding hydrogens is 210 g/mol. The van der Waals surface area contributed by atoms with Gasteiger partial charge in [-0.1, -0.05) is 13.3 Å². The van der Waals surface area contributed by atoms with Gasteiger partial charge in [0.15, 0.2) is 0 Å². The summed E-state index contributed by atoms with van der Waals surface area (Å²) in [6.45, 7) is 4.85. The van der Waals surface area contributed by atoms with Gasteiger partial charge in [-0.05, 0) is 6.42 Å². The van der Waals surface area contributed by atoms with E-state index in [-0.39, 0.29) is 13.2 Å². The smallest absolute Gasteiger partial charge is 0.126 e. The molecule has 0 aliphatic rings. The molecule has 0 heterocycles. The summed E-state index contributed by atoms with van der Waals surface area (Å²) in [6.07, 6.45) is 1.57. The third-order valence-electron chi connectivity index (χ3n) is 2.41. The van der Waals surface area contributed by atoms with Gasteiger partial charge in [0.1, 0.15) is 25.7 Å². The summed E-state index contributed by atoms with van der Waals surface area (Å²) in [5.74, 6) is 0. The summed E-state index contributed by atoms with van der Waals surface area (Å²) in [5, 5.41) is 27.3. The average molecular weight is 236 g/mol. The van der Waals surface area contributed by atoms with Crippen molar-refractivity contribution in [1.82, 2.24) is 0 Å². The van der Waals surface area contributed by atoms with Crippen molar-refractivity contribution in [3.05, 3.63) is 0 Å². The van der Waals surface area contributed by atoms with E-state index >= 15 is 0 Å². The molecule has 5 heteroatoms. The van der Waals surface area contributed by atoms with Crippen LogP contribution < -0.4 is 4.90 Å². The van der Waals surface area contributed by atoms with Crippen molar-refractivity contribution >= 4 is 0 Å². The first-order valence-corrected chi connectivity index (χ1v) is 6.05. The minimum Gasteiger partial charge on any atom is -0.391 e. The van der Waals surface area contributed by atoms with Gasteiger partial charge in [0, 0.05) is 6.61 Å². The number of hydrogen-bond acceptors (Lipinski definition) is 4. The molecule has 4 N–H and O–H groups in total. The van der Waals surface area contributed by atoms with E-state index < -0.39 is 6.10 Å². The number of nitrogens with one attached hydrogen (secondary N) is 1. The first-order chi connectivity index (χ1) is 7.74. The molecule has 0 aliphatic heterocycles. The quantitative estimate of drug-likeness (QED) is 0.314. The molecule has 0 amide bonds. The van der Waals surface area contributed by atoms with E-state index in [2.05, 4.69) is 6.92 Å². The molecule has 16 heavy (non-hydrogen) atoms. The van der Waals surface area contributed by atoms with Crippen LogP contribution in [-0.2, 0) is 4.74 Å². The minimum atomic E-state index is -0.523. The van der Waals surface area contributed by atoms with Crippen LogP contribution in [0.15, 0.2) is 0 Å². The second-order valence-electron chi connectivity index (χ2n) is 3.98. The Morgan fingerprint density at radius 3 is 2.31 bits per heavy atom. The van der Waals surface area contributed by atoms with Crippen LogP contribution in [0.3, 0.4) is 0 Å². The predicted molar refractivity (Wildman–Crippen MR) is 61.5 cm³/mol. The highest BCUT2D eigenvalue weighted by Gasteiger charge is 2.14. The van der Waals surface area contributed by atoms with Crippen molar-refractivity contribution in [3.63, 3.8) is 0 Å². The molecule has 0 rings (SSSR count). The fraction of sp³-hybridized carbons (Fsp3) is 1.00. The van der Waals surface area contributed by atoms with Crippen LogP contribution in [0.2, 0.25) is 0 Å². The Labute approximate surface area is 97.6 Å². The van der Waals surface area contributed by atoms with Crippen LogP contribution in [0.5, 0.6) is 0 Å². The van der Waals surface area contributed by atoms with Gasteiger partial charge in [0.05, 0.1) is 19.8 Å². The van der Waals surface area contributed by atoms with E-state index in [1.54, 1.807) is 0 Å². The fourth-order valence-corrected chi connectivity index (χ4v) is 1.50. The summed E-state index contributed by atoms with van der Waals surface area (Å²) < 4.78 is 5.30. The molecule has 1 atom stereocenters. The van der Waals surface area contributed by atoms with Crippen LogP contribution in [0.4, 0.5) is 0 Å². The number of unbranched alkanes of at least 4 members (excludes halogenated alkanes) is 1. The van der Waals surface area contributed by atoms with Crippen LogP contribution in [-0.4, -0.2) is 67.5 Å². The van der Waals surface area contributed by atoms with E-state index in [0.717, 1.165) is 17.7 Å². The normalized spacial score (nSPS) is 13.3. The Hall–Kier alpha value is -0.200. The number of ether oxygens (including phenoxy) is 1. The van der Waals surface area contributed by atoms with Gasteiger partial charge >= 0.3 is 0 Å². The van der Waals surface area contributed by atoms with Crippen molar-refractivity contribution in [3.8, 4) is 0 Å². The Morgan fingerprint density at radius 2 is 1.81 bits per heavy atom. The molecule has 0 aromatic heterocycles. The molecule has 98 valence electrons. The highest BCUT2D eigenvalue weighted by Crippen LogP contribution is 1.89. The molecule has 0 saturated heterocycles. The number of quaternary nitrogens is 1. The molecule has 0 radical (unpaired) electrons. The Bertz CT molecular complexity index is 140. The van der Waals surface area contributed by atoms with Crippen molar-refractivity contribution in [2.45, 2.75) is 25.9 Å². The lowest BCUT2D eigenvalue weighted by molar-refractivity contribution is -0.903. The zero-order chi connectivity index (χ0) is 12.2. The molecule has 0 aromatic carbocycles. The second kappa shape index (κ2) is 11.3. The molecular formula is C11H26NO4+. The maximum absolute atomic E-state index is 9.66. The van der Waals surface area contributed by atoms with Gasteiger partial charge in [-0.25, -0.2) is 0 Å². The fourth-order valence-electron chi connectivity index (χ4n) is 1.50. The average Bonchev–Trinajstić information content (AvgIpc) is 2.25. The Morgan fingerprint density at radius 1 is 1.19 bits per heavy atom. The first kappa shape index (κ1) is 15.8. The number of aliphatic hydroxyl groups excluding tert-OH is 3. The minimum absolute atomic E-state index is 0.0682. The van der Waals surface area contributed by atoms with E-state index in [4.69, 9.17) is 14.9 Å². The third kappa shape index (κ3) is 9.06. The summed E-state index contributed by atoms with van der Waals surface area (Å²) in [7, 11) is 0. The molecule has 0 bridgehead atoms. The van der Waals surface area contributed by atoms with Crippen LogP contribution in [0, 0.1) is 0 Å². The zero-order valence-electron chi connectivity index (χ0n) is 10.2. The highest BCUT2D eigenvalue weighted by molar-refractivity contribution is 4.50. The molecule has 0 unspecified atom stereocenters. The Balaban J connectivity index is 3.59. The van der Waals surface area contributed by atoms with Gasteiger partial charge in [-0.15, -0.1) is 0 Å². The van der Waals surface area contributed by atoms with Gasteiger partial charge < -0.3 is 25.0 Å². The summed E-state index contributed by atoms with van der Waals surface area (Å²) in [5.41, 5.74) is 0. The molecule has 5 nitrogen and oxygen atoms in total. The maximum Gasteiger partial charge on any atom is 0.126 e. The molecule has 0 aliphatic carbocycles. The van der Waals surface area contributed by atoms with E-state index in [1.807, 2.05) is 0 Å². The number of aliphatic hydroxyl groups is 3. The number of hydrogen-bond donors (Lipinski definition) is 4. The lowest BCUT2D eigenvalue weighted by Gasteiger charge is -2.20. The van der Waals surface area contributed by atoms with E-state index in [0.29, 0.717) is 32.8 Å². The lowest BCUT2D eigenvalue weighted by atomic mass is 10.3. The lowest BCUT2D eigenvalue weighted by Crippen LogP contribution is -3.14. The van der Waals surface area contributed by atoms with E-state index in [9.17, 15) is 5.11 Å². The Kier molecular flexibility index (Phi) is 11.1. The SMILES string of the molecule is CCCCOC[C@H](O)C[NH+](CCO)CCO. The highest BCUT2D eigenvalue weighted by atomic mass is 16.5. The van der Waals surface area contributed by atoms with Crippen LogP contribution in [0.1, 0.15) is 19.8 Å². The second-order valence-corrected chi connectivity index (χ2v) is 3.98.